The van der Waals surface area contributed by atoms with E-state index in [2.05, 4.69) is 6.92 Å². The number of carbonyl (C=O) groups is 1. The minimum absolute atomic E-state index is 0.0165. The van der Waals surface area contributed by atoms with Crippen LogP contribution in [0.4, 0.5) is 0 Å². The Morgan fingerprint density at radius 3 is 1.86 bits per heavy atom. The van der Waals surface area contributed by atoms with E-state index in [4.69, 9.17) is 9.47 Å². The Bertz CT molecular complexity index is 705. The molecule has 0 spiro atoms. The summed E-state index contributed by atoms with van der Waals surface area (Å²) in [4.78, 5) is 12.9. The van der Waals surface area contributed by atoms with Crippen molar-refractivity contribution in [2.45, 2.75) is 27.7 Å². The molecular formula is C19H22O3. The number of ether oxygens (including phenoxy) is 2. The molecule has 3 heteroatoms. The first-order valence-corrected chi connectivity index (χ1v) is 7.24. The lowest BCUT2D eigenvalue weighted by Gasteiger charge is -2.14. The Labute approximate surface area is 131 Å². The van der Waals surface area contributed by atoms with E-state index in [1.54, 1.807) is 26.4 Å². The van der Waals surface area contributed by atoms with Gasteiger partial charge in [0.1, 0.15) is 11.5 Å². The lowest BCUT2D eigenvalue weighted by molar-refractivity contribution is 0.103. The smallest absolute Gasteiger partial charge is 0.193 e. The molecule has 2 rings (SSSR count). The van der Waals surface area contributed by atoms with Crippen LogP contribution in [0.5, 0.6) is 11.5 Å². The lowest BCUT2D eigenvalue weighted by Crippen LogP contribution is -2.07. The fourth-order valence-electron chi connectivity index (χ4n) is 2.57. The number of ketones is 1. The highest BCUT2D eigenvalue weighted by atomic mass is 16.5. The maximum Gasteiger partial charge on any atom is 0.193 e. The van der Waals surface area contributed by atoms with Crippen LogP contribution in [-0.2, 0) is 0 Å². The summed E-state index contributed by atoms with van der Waals surface area (Å²) < 4.78 is 10.7. The summed E-state index contributed by atoms with van der Waals surface area (Å²) in [6.45, 7) is 7.98. The highest BCUT2D eigenvalue weighted by Gasteiger charge is 2.17. The van der Waals surface area contributed by atoms with Crippen molar-refractivity contribution in [2.75, 3.05) is 14.2 Å². The summed E-state index contributed by atoms with van der Waals surface area (Å²) >= 11 is 0. The number of benzene rings is 2. The Morgan fingerprint density at radius 2 is 1.36 bits per heavy atom. The van der Waals surface area contributed by atoms with Gasteiger partial charge in [-0.25, -0.2) is 0 Å². The van der Waals surface area contributed by atoms with Gasteiger partial charge in [-0.15, -0.1) is 0 Å². The van der Waals surface area contributed by atoms with E-state index in [-0.39, 0.29) is 5.78 Å². The zero-order valence-electron chi connectivity index (χ0n) is 14.0. The predicted molar refractivity (Wildman–Crippen MR) is 88.4 cm³/mol. The van der Waals surface area contributed by atoms with Crippen LogP contribution in [0.1, 0.15) is 38.2 Å². The molecule has 0 unspecified atom stereocenters. The van der Waals surface area contributed by atoms with E-state index in [0.29, 0.717) is 17.1 Å². The van der Waals surface area contributed by atoms with Crippen molar-refractivity contribution in [2.24, 2.45) is 0 Å². The van der Waals surface area contributed by atoms with E-state index in [9.17, 15) is 4.79 Å². The van der Waals surface area contributed by atoms with Gasteiger partial charge in [-0.05, 0) is 56.5 Å². The van der Waals surface area contributed by atoms with E-state index in [0.717, 1.165) is 22.3 Å². The van der Waals surface area contributed by atoms with Crippen molar-refractivity contribution in [1.29, 1.82) is 0 Å². The van der Waals surface area contributed by atoms with E-state index < -0.39 is 0 Å². The number of rotatable bonds is 4. The van der Waals surface area contributed by atoms with E-state index in [1.165, 1.54) is 5.56 Å². The molecule has 0 aliphatic rings. The third-order valence-electron chi connectivity index (χ3n) is 4.32. The van der Waals surface area contributed by atoms with Crippen LogP contribution in [0.25, 0.3) is 0 Å². The lowest BCUT2D eigenvalue weighted by atomic mass is 9.93. The van der Waals surface area contributed by atoms with E-state index in [1.807, 2.05) is 32.9 Å². The number of carbonyl (C=O) groups excluding carboxylic acids is 1. The Hall–Kier alpha value is -2.29. The maximum absolute atomic E-state index is 12.9. The van der Waals surface area contributed by atoms with Gasteiger partial charge in [0.25, 0.3) is 0 Å². The van der Waals surface area contributed by atoms with Gasteiger partial charge in [-0.1, -0.05) is 12.1 Å². The molecule has 0 aliphatic carbocycles. The molecule has 0 N–H and O–H groups in total. The highest BCUT2D eigenvalue weighted by Crippen LogP contribution is 2.31. The first kappa shape index (κ1) is 16.1. The molecule has 0 aliphatic heterocycles. The number of methoxy groups -OCH3 is 2. The van der Waals surface area contributed by atoms with Crippen LogP contribution in [-0.4, -0.2) is 20.0 Å². The highest BCUT2D eigenvalue weighted by molar-refractivity contribution is 6.10. The molecule has 0 atom stereocenters. The molecule has 0 radical (unpaired) electrons. The molecule has 0 saturated carbocycles. The summed E-state index contributed by atoms with van der Waals surface area (Å²) in [5, 5.41) is 0. The van der Waals surface area contributed by atoms with Crippen molar-refractivity contribution < 1.29 is 14.3 Å². The summed E-state index contributed by atoms with van der Waals surface area (Å²) in [6.07, 6.45) is 0. The third-order valence-corrected chi connectivity index (χ3v) is 4.32. The fourth-order valence-corrected chi connectivity index (χ4v) is 2.57. The topological polar surface area (TPSA) is 35.5 Å². The standard InChI is InChI=1S/C19H22O3/c1-11-7-8-16(13(3)12(11)2)19(20)15-9-17(21-5)14(4)18(10-15)22-6/h7-10H,1-6H3. The van der Waals surface area contributed by atoms with Crippen LogP contribution in [0.2, 0.25) is 0 Å². The molecule has 3 nitrogen and oxygen atoms in total. The summed E-state index contributed by atoms with van der Waals surface area (Å²) in [5.74, 6) is 1.30. The van der Waals surface area contributed by atoms with Crippen LogP contribution in [0.3, 0.4) is 0 Å². The number of aryl methyl sites for hydroxylation is 1. The van der Waals surface area contributed by atoms with Gasteiger partial charge in [0, 0.05) is 16.7 Å². The molecule has 0 amide bonds. The molecule has 0 fully saturated rings. The summed E-state index contributed by atoms with van der Waals surface area (Å²) in [6, 6.07) is 7.42. The van der Waals surface area contributed by atoms with Crippen molar-refractivity contribution in [3.8, 4) is 11.5 Å². The van der Waals surface area contributed by atoms with Gasteiger partial charge < -0.3 is 9.47 Å². The molecule has 0 heterocycles. The van der Waals surface area contributed by atoms with Crippen molar-refractivity contribution in [3.63, 3.8) is 0 Å². The quantitative estimate of drug-likeness (QED) is 0.795. The number of hydrogen-bond acceptors (Lipinski definition) is 3. The molecule has 0 saturated heterocycles. The average Bonchev–Trinajstić information content (AvgIpc) is 2.52. The predicted octanol–water partition coefficient (Wildman–Crippen LogP) is 4.17. The van der Waals surface area contributed by atoms with Crippen molar-refractivity contribution >= 4 is 5.78 Å². The second-order valence-corrected chi connectivity index (χ2v) is 5.51. The van der Waals surface area contributed by atoms with Crippen LogP contribution < -0.4 is 9.47 Å². The van der Waals surface area contributed by atoms with Crippen molar-refractivity contribution in [3.05, 3.63) is 57.6 Å². The Morgan fingerprint density at radius 1 is 0.818 bits per heavy atom. The molecule has 22 heavy (non-hydrogen) atoms. The van der Waals surface area contributed by atoms with Gasteiger partial charge in [0.2, 0.25) is 0 Å². The molecular weight excluding hydrogens is 276 g/mol. The minimum Gasteiger partial charge on any atom is -0.496 e. The van der Waals surface area contributed by atoms with Gasteiger partial charge in [-0.3, -0.25) is 4.79 Å². The minimum atomic E-state index is -0.0165. The monoisotopic (exact) mass is 298 g/mol. The second-order valence-electron chi connectivity index (χ2n) is 5.51. The van der Waals surface area contributed by atoms with Gasteiger partial charge in [-0.2, -0.15) is 0 Å². The zero-order chi connectivity index (χ0) is 16.4. The van der Waals surface area contributed by atoms with Crippen LogP contribution in [0, 0.1) is 27.7 Å². The van der Waals surface area contributed by atoms with Gasteiger partial charge in [0.05, 0.1) is 14.2 Å². The average molecular weight is 298 g/mol. The number of hydrogen-bond donors (Lipinski definition) is 0. The maximum atomic E-state index is 12.9. The molecule has 0 aromatic heterocycles. The molecule has 116 valence electrons. The summed E-state index contributed by atoms with van der Waals surface area (Å²) in [7, 11) is 3.19. The zero-order valence-corrected chi connectivity index (χ0v) is 14.0. The third kappa shape index (κ3) is 2.71. The normalized spacial score (nSPS) is 10.5. The van der Waals surface area contributed by atoms with Crippen molar-refractivity contribution in [1.82, 2.24) is 0 Å². The Kier molecular flexibility index (Phi) is 4.55. The van der Waals surface area contributed by atoms with Crippen LogP contribution >= 0.6 is 0 Å². The fraction of sp³-hybridized carbons (Fsp3) is 0.316. The largest absolute Gasteiger partial charge is 0.496 e. The SMILES string of the molecule is COc1cc(C(=O)c2ccc(C)c(C)c2C)cc(OC)c1C. The first-order valence-electron chi connectivity index (χ1n) is 7.24. The second kappa shape index (κ2) is 6.22. The Balaban J connectivity index is 2.57. The van der Waals surface area contributed by atoms with E-state index >= 15 is 0 Å². The molecule has 2 aromatic carbocycles. The first-order chi connectivity index (χ1) is 10.4. The van der Waals surface area contributed by atoms with Gasteiger partial charge in [0.15, 0.2) is 5.78 Å². The van der Waals surface area contributed by atoms with Crippen LogP contribution in [0.15, 0.2) is 24.3 Å². The summed E-state index contributed by atoms with van der Waals surface area (Å²) in [5.41, 5.74) is 5.54. The molecule has 0 bridgehead atoms. The van der Waals surface area contributed by atoms with Gasteiger partial charge >= 0.3 is 0 Å². The molecule has 2 aromatic rings.